The number of sulfone groups is 1. The first kappa shape index (κ1) is 19.7. The summed E-state index contributed by atoms with van der Waals surface area (Å²) in [5.41, 5.74) is 1.45. The van der Waals surface area contributed by atoms with Crippen molar-refractivity contribution >= 4 is 32.7 Å². The first-order valence-corrected chi connectivity index (χ1v) is 12.8. The first-order valence-electron chi connectivity index (χ1n) is 10.5. The van der Waals surface area contributed by atoms with Gasteiger partial charge >= 0.3 is 0 Å². The van der Waals surface area contributed by atoms with E-state index in [1.165, 1.54) is 32.1 Å². The number of thiazole rings is 1. The molecule has 0 amide bonds. The Morgan fingerprint density at radius 3 is 2.63 bits per heavy atom. The van der Waals surface area contributed by atoms with E-state index in [4.69, 9.17) is 0 Å². The molecule has 9 heteroatoms. The fraction of sp³-hybridized carbons (Fsp3) is 0.476. The molecule has 1 aromatic carbocycles. The normalized spacial score (nSPS) is 17.9. The van der Waals surface area contributed by atoms with Crippen LogP contribution in [0.15, 0.2) is 35.5 Å². The predicted octanol–water partition coefficient (Wildman–Crippen LogP) is 4.67. The van der Waals surface area contributed by atoms with Crippen LogP contribution in [-0.2, 0) is 16.9 Å². The average Bonchev–Trinajstić information content (AvgIpc) is 3.38. The van der Waals surface area contributed by atoms with Gasteiger partial charge in [0.1, 0.15) is 0 Å². The molecular formula is C21H25N5O2S2. The van der Waals surface area contributed by atoms with E-state index < -0.39 is 9.84 Å². The summed E-state index contributed by atoms with van der Waals surface area (Å²) in [5, 5.41) is 12.0. The van der Waals surface area contributed by atoms with Gasteiger partial charge in [-0.1, -0.05) is 30.5 Å². The minimum absolute atomic E-state index is 0.270. The summed E-state index contributed by atoms with van der Waals surface area (Å²) in [4.78, 5) is 6.00. The topological polar surface area (TPSA) is 89.8 Å². The van der Waals surface area contributed by atoms with Crippen LogP contribution in [0.2, 0.25) is 0 Å². The molecule has 0 saturated heterocycles. The van der Waals surface area contributed by atoms with Gasteiger partial charge in [0, 0.05) is 30.4 Å². The van der Waals surface area contributed by atoms with Crippen molar-refractivity contribution in [1.82, 2.24) is 20.0 Å². The molecule has 3 aromatic rings. The molecule has 158 valence electrons. The van der Waals surface area contributed by atoms with E-state index >= 15 is 0 Å². The lowest BCUT2D eigenvalue weighted by atomic mass is 9.90. The Morgan fingerprint density at radius 2 is 1.93 bits per heavy atom. The molecule has 0 atom stereocenters. The Bertz CT molecular complexity index is 1160. The second-order valence-corrected chi connectivity index (χ2v) is 11.5. The van der Waals surface area contributed by atoms with Gasteiger partial charge in [-0.2, -0.15) is 0 Å². The minimum atomic E-state index is -3.37. The van der Waals surface area contributed by atoms with Crippen molar-refractivity contribution in [2.24, 2.45) is 7.05 Å². The van der Waals surface area contributed by atoms with Gasteiger partial charge in [-0.05, 0) is 37.8 Å². The molecule has 0 unspecified atom stereocenters. The highest BCUT2D eigenvalue weighted by molar-refractivity contribution is 7.92. The third-order valence-electron chi connectivity index (χ3n) is 5.87. The van der Waals surface area contributed by atoms with Gasteiger partial charge in [0.15, 0.2) is 15.7 Å². The Morgan fingerprint density at radius 1 is 1.13 bits per heavy atom. The van der Waals surface area contributed by atoms with E-state index in [0.29, 0.717) is 22.3 Å². The highest BCUT2D eigenvalue weighted by atomic mass is 32.2. The van der Waals surface area contributed by atoms with Crippen molar-refractivity contribution in [2.45, 2.75) is 61.0 Å². The van der Waals surface area contributed by atoms with Crippen LogP contribution in [0.1, 0.15) is 55.9 Å². The number of benzene rings is 1. The van der Waals surface area contributed by atoms with Gasteiger partial charge in [-0.3, -0.25) is 4.68 Å². The fourth-order valence-electron chi connectivity index (χ4n) is 4.10. The number of hydrogen-bond acceptors (Lipinski definition) is 7. The van der Waals surface area contributed by atoms with Crippen LogP contribution in [0, 0.1) is 0 Å². The van der Waals surface area contributed by atoms with E-state index in [0.717, 1.165) is 28.3 Å². The largest absolute Gasteiger partial charge is 0.337 e. The number of rotatable bonds is 6. The van der Waals surface area contributed by atoms with Gasteiger partial charge in [-0.15, -0.1) is 16.4 Å². The molecule has 2 aliphatic rings. The molecule has 5 rings (SSSR count). The van der Waals surface area contributed by atoms with Crippen molar-refractivity contribution in [3.05, 3.63) is 35.6 Å². The Labute approximate surface area is 180 Å². The minimum Gasteiger partial charge on any atom is -0.337 e. The van der Waals surface area contributed by atoms with E-state index in [9.17, 15) is 8.42 Å². The Balaban J connectivity index is 1.51. The fourth-order valence-corrected chi connectivity index (χ4v) is 7.18. The summed E-state index contributed by atoms with van der Waals surface area (Å²) in [5.74, 6) is 1.09. The number of nitrogens with one attached hydrogen (secondary N) is 1. The molecule has 2 aliphatic carbocycles. The van der Waals surface area contributed by atoms with Crippen molar-refractivity contribution in [3.63, 3.8) is 0 Å². The molecule has 30 heavy (non-hydrogen) atoms. The predicted molar refractivity (Wildman–Crippen MR) is 118 cm³/mol. The van der Waals surface area contributed by atoms with Crippen molar-refractivity contribution in [1.29, 1.82) is 0 Å². The number of nitrogens with zero attached hydrogens (tertiary/aromatic N) is 4. The SMILES string of the molecule is Cn1cc(Nc2ccc(-c3cnc(C4CCCCC4)s3)c(S(=O)(=O)C3CC3)c2)nn1. The standard InChI is InChI=1S/C21H25N5O2S2/c1-26-13-20(24-25-26)23-15-7-10-17(19(11-15)30(27,28)16-8-9-16)18-12-22-21(29-18)14-5-3-2-4-6-14/h7,10-14,16,23H,2-6,8-9H2,1H3. The maximum Gasteiger partial charge on any atom is 0.181 e. The Kier molecular flexibility index (Phi) is 5.10. The molecule has 1 N–H and O–H groups in total. The molecule has 2 aromatic heterocycles. The van der Waals surface area contributed by atoms with Crippen LogP contribution in [0.25, 0.3) is 10.4 Å². The second kappa shape index (κ2) is 7.77. The molecule has 7 nitrogen and oxygen atoms in total. The van der Waals surface area contributed by atoms with Crippen molar-refractivity contribution in [2.75, 3.05) is 5.32 Å². The zero-order chi connectivity index (χ0) is 20.7. The van der Waals surface area contributed by atoms with E-state index in [1.807, 2.05) is 18.3 Å². The third-order valence-corrected chi connectivity index (χ3v) is 9.36. The second-order valence-electron chi connectivity index (χ2n) is 8.26. The lowest BCUT2D eigenvalue weighted by molar-refractivity contribution is 0.442. The zero-order valence-corrected chi connectivity index (χ0v) is 18.5. The van der Waals surface area contributed by atoms with Crippen molar-refractivity contribution in [3.8, 4) is 10.4 Å². The first-order chi connectivity index (χ1) is 14.5. The van der Waals surface area contributed by atoms with Crippen LogP contribution >= 0.6 is 11.3 Å². The average molecular weight is 444 g/mol. The third kappa shape index (κ3) is 3.88. The summed E-state index contributed by atoms with van der Waals surface area (Å²) < 4.78 is 28.1. The summed E-state index contributed by atoms with van der Waals surface area (Å²) in [6.07, 6.45) is 11.3. The molecule has 2 fully saturated rings. The molecule has 0 bridgehead atoms. The lowest BCUT2D eigenvalue weighted by Crippen LogP contribution is -2.09. The Hall–Kier alpha value is -2.26. The molecule has 0 aliphatic heterocycles. The zero-order valence-electron chi connectivity index (χ0n) is 16.9. The van der Waals surface area contributed by atoms with Gasteiger partial charge in [-0.25, -0.2) is 13.4 Å². The van der Waals surface area contributed by atoms with Gasteiger partial charge in [0.25, 0.3) is 0 Å². The molecular weight excluding hydrogens is 418 g/mol. The number of aromatic nitrogens is 4. The highest BCUT2D eigenvalue weighted by Gasteiger charge is 2.38. The van der Waals surface area contributed by atoms with Crippen LogP contribution in [0.3, 0.4) is 0 Å². The van der Waals surface area contributed by atoms with Gasteiger partial charge < -0.3 is 5.32 Å². The number of hydrogen-bond donors (Lipinski definition) is 1. The van der Waals surface area contributed by atoms with Gasteiger partial charge in [0.05, 0.1) is 26.2 Å². The van der Waals surface area contributed by atoms with E-state index in [2.05, 4.69) is 20.6 Å². The van der Waals surface area contributed by atoms with Crippen LogP contribution in [-0.4, -0.2) is 33.6 Å². The quantitative estimate of drug-likeness (QED) is 0.596. The maximum atomic E-state index is 13.2. The van der Waals surface area contributed by atoms with Crippen LogP contribution < -0.4 is 5.32 Å². The van der Waals surface area contributed by atoms with Crippen LogP contribution in [0.5, 0.6) is 0 Å². The highest BCUT2D eigenvalue weighted by Crippen LogP contribution is 2.43. The lowest BCUT2D eigenvalue weighted by Gasteiger charge is -2.18. The molecule has 2 saturated carbocycles. The van der Waals surface area contributed by atoms with Crippen LogP contribution in [0.4, 0.5) is 11.5 Å². The molecule has 0 radical (unpaired) electrons. The van der Waals surface area contributed by atoms with E-state index in [1.54, 1.807) is 35.3 Å². The molecule has 2 heterocycles. The van der Waals surface area contributed by atoms with Gasteiger partial charge in [0.2, 0.25) is 0 Å². The van der Waals surface area contributed by atoms with Crippen molar-refractivity contribution < 1.29 is 8.42 Å². The monoisotopic (exact) mass is 443 g/mol. The maximum absolute atomic E-state index is 13.2. The van der Waals surface area contributed by atoms with E-state index in [-0.39, 0.29) is 5.25 Å². The summed E-state index contributed by atoms with van der Waals surface area (Å²) in [7, 11) is -1.58. The molecule has 0 spiro atoms. The summed E-state index contributed by atoms with van der Waals surface area (Å²) in [6.45, 7) is 0. The summed E-state index contributed by atoms with van der Waals surface area (Å²) in [6, 6.07) is 5.53. The number of anilines is 2. The number of aryl methyl sites for hydroxylation is 1. The smallest absolute Gasteiger partial charge is 0.181 e. The summed E-state index contributed by atoms with van der Waals surface area (Å²) >= 11 is 1.65.